The van der Waals surface area contributed by atoms with Gasteiger partial charge < -0.3 is 5.32 Å². The van der Waals surface area contributed by atoms with Gasteiger partial charge in [0.1, 0.15) is 17.1 Å². The zero-order chi connectivity index (χ0) is 17.3. The highest BCUT2D eigenvalue weighted by Crippen LogP contribution is 2.27. The van der Waals surface area contributed by atoms with Gasteiger partial charge in [-0.15, -0.1) is 0 Å². The SMILES string of the molecule is Cc1ccc(S(=O)(=O)CC(=O)Nc2nc3c(F)cccc3s2)cc1. The minimum atomic E-state index is -3.74. The van der Waals surface area contributed by atoms with E-state index < -0.39 is 27.3 Å². The minimum Gasteiger partial charge on any atom is -0.301 e. The maximum Gasteiger partial charge on any atom is 0.241 e. The van der Waals surface area contributed by atoms with Crippen LogP contribution in [0.1, 0.15) is 5.56 Å². The number of carbonyl (C=O) groups excluding carboxylic acids is 1. The molecular formula is C16H13FN2O3S2. The Morgan fingerprint density at radius 2 is 1.92 bits per heavy atom. The third-order valence-electron chi connectivity index (χ3n) is 3.32. The van der Waals surface area contributed by atoms with E-state index in [1.165, 1.54) is 18.2 Å². The number of carbonyl (C=O) groups is 1. The van der Waals surface area contributed by atoms with Crippen LogP contribution in [0.15, 0.2) is 47.4 Å². The fourth-order valence-corrected chi connectivity index (χ4v) is 4.16. The molecule has 5 nitrogen and oxygen atoms in total. The maximum atomic E-state index is 13.6. The zero-order valence-corrected chi connectivity index (χ0v) is 14.2. The molecule has 3 aromatic rings. The highest BCUT2D eigenvalue weighted by Gasteiger charge is 2.20. The molecule has 0 fully saturated rings. The molecule has 8 heteroatoms. The van der Waals surface area contributed by atoms with Gasteiger partial charge in [-0.1, -0.05) is 35.1 Å². The molecule has 1 N–H and O–H groups in total. The lowest BCUT2D eigenvalue weighted by Gasteiger charge is -2.04. The second-order valence-corrected chi connectivity index (χ2v) is 8.25. The van der Waals surface area contributed by atoms with Crippen molar-refractivity contribution < 1.29 is 17.6 Å². The summed E-state index contributed by atoms with van der Waals surface area (Å²) < 4.78 is 38.6. The van der Waals surface area contributed by atoms with Crippen LogP contribution in [-0.2, 0) is 14.6 Å². The summed E-state index contributed by atoms with van der Waals surface area (Å²) in [6.07, 6.45) is 0. The monoisotopic (exact) mass is 364 g/mol. The Bertz CT molecular complexity index is 1010. The largest absolute Gasteiger partial charge is 0.301 e. The molecule has 0 saturated heterocycles. The van der Waals surface area contributed by atoms with E-state index in [1.807, 2.05) is 6.92 Å². The average Bonchev–Trinajstić information content (AvgIpc) is 2.90. The number of sulfone groups is 1. The fraction of sp³-hybridized carbons (Fsp3) is 0.125. The van der Waals surface area contributed by atoms with Crippen molar-refractivity contribution in [1.29, 1.82) is 0 Å². The van der Waals surface area contributed by atoms with E-state index >= 15 is 0 Å². The number of fused-ring (bicyclic) bond motifs is 1. The molecule has 0 spiro atoms. The van der Waals surface area contributed by atoms with Crippen molar-refractivity contribution in [2.45, 2.75) is 11.8 Å². The number of aromatic nitrogens is 1. The number of halogens is 1. The first-order valence-electron chi connectivity index (χ1n) is 6.99. The zero-order valence-electron chi connectivity index (χ0n) is 12.6. The number of hydrogen-bond acceptors (Lipinski definition) is 5. The van der Waals surface area contributed by atoms with Crippen LogP contribution >= 0.6 is 11.3 Å². The number of para-hydroxylation sites is 1. The number of nitrogens with zero attached hydrogens (tertiary/aromatic N) is 1. The summed E-state index contributed by atoms with van der Waals surface area (Å²) >= 11 is 1.09. The summed E-state index contributed by atoms with van der Waals surface area (Å²) in [4.78, 5) is 16.1. The van der Waals surface area contributed by atoms with Crippen LogP contribution in [0, 0.1) is 12.7 Å². The van der Waals surface area contributed by atoms with Gasteiger partial charge in [0, 0.05) is 0 Å². The summed E-state index contributed by atoms with van der Waals surface area (Å²) in [7, 11) is -3.74. The number of nitrogens with one attached hydrogen (secondary N) is 1. The van der Waals surface area contributed by atoms with E-state index in [0.717, 1.165) is 16.9 Å². The average molecular weight is 364 g/mol. The standard InChI is InChI=1S/C16H13FN2O3S2/c1-10-5-7-11(8-6-10)24(21,22)9-14(20)18-16-19-15-12(17)3-2-4-13(15)23-16/h2-8H,9H2,1H3,(H,18,19,20). The molecule has 0 unspecified atom stereocenters. The van der Waals surface area contributed by atoms with Crippen LogP contribution in [0.25, 0.3) is 10.2 Å². The van der Waals surface area contributed by atoms with Crippen LogP contribution in [0.3, 0.4) is 0 Å². The Hall–Kier alpha value is -2.32. The second kappa shape index (κ2) is 6.29. The first-order chi connectivity index (χ1) is 11.3. The Morgan fingerprint density at radius 3 is 2.58 bits per heavy atom. The lowest BCUT2D eigenvalue weighted by molar-refractivity contribution is -0.113. The summed E-state index contributed by atoms with van der Waals surface area (Å²) in [5.41, 5.74) is 1.08. The van der Waals surface area contributed by atoms with Gasteiger partial charge in [0.15, 0.2) is 15.0 Å². The van der Waals surface area contributed by atoms with Crippen molar-refractivity contribution in [3.8, 4) is 0 Å². The van der Waals surface area contributed by atoms with Crippen molar-refractivity contribution in [3.63, 3.8) is 0 Å². The third-order valence-corrected chi connectivity index (χ3v) is 5.89. The Balaban J connectivity index is 1.77. The second-order valence-electron chi connectivity index (χ2n) is 5.23. The van der Waals surface area contributed by atoms with Crippen molar-refractivity contribution in [3.05, 3.63) is 53.8 Å². The molecule has 3 rings (SSSR count). The summed E-state index contributed by atoms with van der Waals surface area (Å²) in [6, 6.07) is 10.8. The summed E-state index contributed by atoms with van der Waals surface area (Å²) in [5.74, 6) is -1.90. The van der Waals surface area contributed by atoms with Gasteiger partial charge in [-0.3, -0.25) is 4.79 Å². The van der Waals surface area contributed by atoms with E-state index in [-0.39, 0.29) is 15.5 Å². The Morgan fingerprint density at radius 1 is 1.21 bits per heavy atom. The van der Waals surface area contributed by atoms with E-state index in [0.29, 0.717) is 4.70 Å². The highest BCUT2D eigenvalue weighted by molar-refractivity contribution is 7.92. The summed E-state index contributed by atoms with van der Waals surface area (Å²) in [5, 5.41) is 2.58. The number of amides is 1. The predicted molar refractivity (Wildman–Crippen MR) is 91.4 cm³/mol. The van der Waals surface area contributed by atoms with E-state index in [4.69, 9.17) is 0 Å². The quantitative estimate of drug-likeness (QED) is 0.771. The highest BCUT2D eigenvalue weighted by atomic mass is 32.2. The molecule has 0 aliphatic heterocycles. The van der Waals surface area contributed by atoms with Gasteiger partial charge in [-0.05, 0) is 31.2 Å². The van der Waals surface area contributed by atoms with Crippen LogP contribution in [0.2, 0.25) is 0 Å². The molecule has 0 radical (unpaired) electrons. The van der Waals surface area contributed by atoms with Crippen molar-refractivity contribution in [2.75, 3.05) is 11.1 Å². The lowest BCUT2D eigenvalue weighted by atomic mass is 10.2. The molecule has 0 saturated carbocycles. The van der Waals surface area contributed by atoms with Gasteiger partial charge in [0.05, 0.1) is 9.60 Å². The van der Waals surface area contributed by atoms with Gasteiger partial charge in [0.25, 0.3) is 0 Å². The number of benzene rings is 2. The molecule has 124 valence electrons. The number of anilines is 1. The molecule has 0 bridgehead atoms. The molecule has 2 aromatic carbocycles. The number of hydrogen-bond donors (Lipinski definition) is 1. The fourth-order valence-electron chi connectivity index (χ4n) is 2.13. The lowest BCUT2D eigenvalue weighted by Crippen LogP contribution is -2.22. The first-order valence-corrected chi connectivity index (χ1v) is 9.46. The molecule has 1 aromatic heterocycles. The van der Waals surface area contributed by atoms with Crippen LogP contribution in [0.4, 0.5) is 9.52 Å². The van der Waals surface area contributed by atoms with Crippen molar-refractivity contribution in [1.82, 2.24) is 4.98 Å². The number of rotatable bonds is 4. The molecular weight excluding hydrogens is 351 g/mol. The third kappa shape index (κ3) is 3.44. The molecule has 0 aliphatic carbocycles. The molecule has 1 amide bonds. The van der Waals surface area contributed by atoms with Gasteiger partial charge in [-0.25, -0.2) is 17.8 Å². The molecule has 0 atom stereocenters. The molecule has 0 aliphatic rings. The van der Waals surface area contributed by atoms with E-state index in [9.17, 15) is 17.6 Å². The van der Waals surface area contributed by atoms with Gasteiger partial charge >= 0.3 is 0 Å². The topological polar surface area (TPSA) is 76.1 Å². The van der Waals surface area contributed by atoms with Gasteiger partial charge in [0.2, 0.25) is 5.91 Å². The Kier molecular flexibility index (Phi) is 4.33. The van der Waals surface area contributed by atoms with E-state index in [1.54, 1.807) is 24.3 Å². The van der Waals surface area contributed by atoms with Crippen LogP contribution < -0.4 is 5.32 Å². The minimum absolute atomic E-state index is 0.0820. The number of thiazole rings is 1. The van der Waals surface area contributed by atoms with Crippen molar-refractivity contribution >= 4 is 42.4 Å². The van der Waals surface area contributed by atoms with Crippen LogP contribution in [0.5, 0.6) is 0 Å². The molecule has 24 heavy (non-hydrogen) atoms. The smallest absolute Gasteiger partial charge is 0.241 e. The first kappa shape index (κ1) is 16.5. The van der Waals surface area contributed by atoms with E-state index in [2.05, 4.69) is 10.3 Å². The molecule has 1 heterocycles. The normalized spacial score (nSPS) is 11.6. The van der Waals surface area contributed by atoms with Crippen molar-refractivity contribution in [2.24, 2.45) is 0 Å². The number of aryl methyl sites for hydroxylation is 1. The Labute approximate surface area is 142 Å². The predicted octanol–water partition coefficient (Wildman–Crippen LogP) is 3.16. The van der Waals surface area contributed by atoms with Crippen LogP contribution in [-0.4, -0.2) is 25.1 Å². The maximum absolute atomic E-state index is 13.6. The summed E-state index contributed by atoms with van der Waals surface area (Å²) in [6.45, 7) is 1.84. The van der Waals surface area contributed by atoms with Gasteiger partial charge in [-0.2, -0.15) is 0 Å².